The fraction of sp³-hybridized carbons (Fsp3) is 0.696. The molecule has 0 unspecified atom stereocenters. The molecule has 1 saturated heterocycles. The molecule has 2 aliphatic rings. The van der Waals surface area contributed by atoms with Crippen molar-refractivity contribution in [2.45, 2.75) is 63.3 Å². The van der Waals surface area contributed by atoms with Crippen LogP contribution < -0.4 is 10.6 Å². The van der Waals surface area contributed by atoms with Crippen LogP contribution in [-0.2, 0) is 6.42 Å². The molecule has 2 fully saturated rings. The van der Waals surface area contributed by atoms with Crippen molar-refractivity contribution < 1.29 is 18.0 Å². The molecule has 1 aliphatic heterocycles. The first-order valence-electron chi connectivity index (χ1n) is 11.3. The summed E-state index contributed by atoms with van der Waals surface area (Å²) in [5.41, 5.74) is 0.585. The van der Waals surface area contributed by atoms with Gasteiger partial charge in [0.2, 0.25) is 5.92 Å². The number of likely N-dealkylation sites (tertiary alicyclic amines) is 1. The zero-order valence-electron chi connectivity index (χ0n) is 18.1. The van der Waals surface area contributed by atoms with Crippen LogP contribution in [0.1, 0.15) is 50.5 Å². The van der Waals surface area contributed by atoms with Gasteiger partial charge in [0.25, 0.3) is 0 Å². The van der Waals surface area contributed by atoms with Crippen LogP contribution in [0.25, 0.3) is 0 Å². The maximum absolute atomic E-state index is 14.3. The van der Waals surface area contributed by atoms with E-state index in [2.05, 4.69) is 10.6 Å². The second-order valence-corrected chi connectivity index (χ2v) is 9.52. The van der Waals surface area contributed by atoms with E-state index in [-0.39, 0.29) is 47.6 Å². The predicted molar refractivity (Wildman–Crippen MR) is 117 cm³/mol. The van der Waals surface area contributed by atoms with Crippen molar-refractivity contribution in [3.05, 3.63) is 34.6 Å². The molecule has 31 heavy (non-hydrogen) atoms. The highest BCUT2D eigenvalue weighted by Gasteiger charge is 2.36. The number of benzene rings is 1. The predicted octanol–water partition coefficient (Wildman–Crippen LogP) is 5.25. The van der Waals surface area contributed by atoms with Gasteiger partial charge < -0.3 is 15.5 Å². The van der Waals surface area contributed by atoms with Crippen LogP contribution >= 0.6 is 11.6 Å². The van der Waals surface area contributed by atoms with Gasteiger partial charge in [0.1, 0.15) is 5.82 Å². The number of hydrogen-bond acceptors (Lipinski definition) is 2. The number of halogens is 4. The number of alkyl halides is 2. The van der Waals surface area contributed by atoms with Crippen molar-refractivity contribution in [3.63, 3.8) is 0 Å². The zero-order chi connectivity index (χ0) is 22.4. The van der Waals surface area contributed by atoms with Gasteiger partial charge in [-0.15, -0.1) is 0 Å². The zero-order valence-corrected chi connectivity index (χ0v) is 18.9. The van der Waals surface area contributed by atoms with Gasteiger partial charge in [0.05, 0.1) is 5.02 Å². The van der Waals surface area contributed by atoms with Crippen LogP contribution in [0.3, 0.4) is 0 Å². The average Bonchev–Trinajstić information content (AvgIpc) is 2.73. The minimum atomic E-state index is -2.54. The third-order valence-electron chi connectivity index (χ3n) is 6.58. The molecule has 0 aromatic heterocycles. The maximum Gasteiger partial charge on any atom is 0.317 e. The molecule has 8 heteroatoms. The molecular formula is C23H33ClF3N3O. The highest BCUT2D eigenvalue weighted by molar-refractivity contribution is 6.30. The Kier molecular flexibility index (Phi) is 8.50. The van der Waals surface area contributed by atoms with Crippen molar-refractivity contribution >= 4 is 17.6 Å². The van der Waals surface area contributed by atoms with Crippen molar-refractivity contribution in [2.75, 3.05) is 26.7 Å². The molecule has 0 spiro atoms. The fourth-order valence-electron chi connectivity index (χ4n) is 4.88. The first-order chi connectivity index (χ1) is 14.8. The quantitative estimate of drug-likeness (QED) is 0.585. The van der Waals surface area contributed by atoms with E-state index in [1.54, 1.807) is 17.0 Å². The minimum absolute atomic E-state index is 0.0637. The molecule has 0 radical (unpaired) electrons. The number of urea groups is 1. The molecule has 4 nitrogen and oxygen atoms in total. The topological polar surface area (TPSA) is 44.4 Å². The van der Waals surface area contributed by atoms with Crippen LogP contribution in [0.4, 0.5) is 18.0 Å². The second-order valence-electron chi connectivity index (χ2n) is 9.11. The van der Waals surface area contributed by atoms with Gasteiger partial charge in [-0.2, -0.15) is 0 Å². The molecule has 0 bridgehead atoms. The maximum atomic E-state index is 14.3. The number of carbonyl (C=O) groups is 1. The Balaban J connectivity index is 1.53. The van der Waals surface area contributed by atoms with Gasteiger partial charge in [-0.05, 0) is 69.0 Å². The Labute approximate surface area is 187 Å². The lowest BCUT2D eigenvalue weighted by molar-refractivity contribution is -0.0473. The lowest BCUT2D eigenvalue weighted by atomic mass is 9.83. The standard InChI is InChI=1S/C23H33ClF3N3O/c1-28-14-19(13-16-7-9-23(26,27)10-8-16)29-22(31)30-11-3-4-17(15-30)12-18-5-2-6-20(24)21(18)25/h2,5-6,16-17,19,28H,3-4,7-15H2,1H3,(H,29,31)/t17-,19-/m0/s1. The molecule has 1 aromatic carbocycles. The number of likely N-dealkylation sites (N-methyl/N-ethyl adjacent to an activating group) is 1. The van der Waals surface area contributed by atoms with E-state index in [4.69, 9.17) is 11.6 Å². The van der Waals surface area contributed by atoms with E-state index in [0.717, 1.165) is 12.8 Å². The number of piperidine rings is 1. The summed E-state index contributed by atoms with van der Waals surface area (Å²) >= 11 is 5.90. The minimum Gasteiger partial charge on any atom is -0.334 e. The summed E-state index contributed by atoms with van der Waals surface area (Å²) in [6.07, 6.45) is 3.93. The second kappa shape index (κ2) is 10.9. The molecule has 2 atom stereocenters. The van der Waals surface area contributed by atoms with Crippen LogP contribution in [0.5, 0.6) is 0 Å². The monoisotopic (exact) mass is 459 g/mol. The van der Waals surface area contributed by atoms with Crippen LogP contribution in [0, 0.1) is 17.7 Å². The smallest absolute Gasteiger partial charge is 0.317 e. The van der Waals surface area contributed by atoms with Gasteiger partial charge in [0.15, 0.2) is 0 Å². The lowest BCUT2D eigenvalue weighted by Gasteiger charge is -2.35. The molecule has 2 amide bonds. The number of nitrogens with zero attached hydrogens (tertiary/aromatic N) is 1. The van der Waals surface area contributed by atoms with E-state index < -0.39 is 5.92 Å². The van der Waals surface area contributed by atoms with Crippen molar-refractivity contribution in [1.29, 1.82) is 0 Å². The van der Waals surface area contributed by atoms with Crippen LogP contribution in [-0.4, -0.2) is 49.6 Å². The van der Waals surface area contributed by atoms with E-state index >= 15 is 0 Å². The summed E-state index contributed by atoms with van der Waals surface area (Å²) in [5.74, 6) is -2.53. The SMILES string of the molecule is CNC[C@H](CC1CCC(F)(F)CC1)NC(=O)N1CCC[C@@H](Cc2cccc(Cl)c2F)C1. The molecule has 3 rings (SSSR count). The first kappa shape index (κ1) is 24.2. The van der Waals surface area contributed by atoms with Gasteiger partial charge in [-0.3, -0.25) is 0 Å². The third-order valence-corrected chi connectivity index (χ3v) is 6.87. The van der Waals surface area contributed by atoms with Crippen molar-refractivity contribution in [2.24, 2.45) is 11.8 Å². The van der Waals surface area contributed by atoms with Gasteiger partial charge in [-0.1, -0.05) is 23.7 Å². The number of hydrogen-bond donors (Lipinski definition) is 2. The molecule has 1 saturated carbocycles. The number of amides is 2. The van der Waals surface area contributed by atoms with Crippen molar-refractivity contribution in [3.8, 4) is 0 Å². The van der Waals surface area contributed by atoms with E-state index in [9.17, 15) is 18.0 Å². The Morgan fingerprint density at radius 2 is 2.00 bits per heavy atom. The largest absolute Gasteiger partial charge is 0.334 e. The van der Waals surface area contributed by atoms with Crippen LogP contribution in [0.15, 0.2) is 18.2 Å². The normalized spacial score (nSPS) is 22.9. The Morgan fingerprint density at radius 1 is 1.26 bits per heavy atom. The summed E-state index contributed by atoms with van der Waals surface area (Å²) in [7, 11) is 1.82. The number of carbonyl (C=O) groups excluding carboxylic acids is 1. The van der Waals surface area contributed by atoms with Gasteiger partial charge in [0, 0.05) is 38.5 Å². The molecular weight excluding hydrogens is 427 g/mol. The van der Waals surface area contributed by atoms with Crippen molar-refractivity contribution in [1.82, 2.24) is 15.5 Å². The number of rotatable bonds is 7. The summed E-state index contributed by atoms with van der Waals surface area (Å²) in [6.45, 7) is 1.84. The summed E-state index contributed by atoms with van der Waals surface area (Å²) in [5, 5.41) is 6.33. The molecule has 2 N–H and O–H groups in total. The van der Waals surface area contributed by atoms with Crippen LogP contribution in [0.2, 0.25) is 5.02 Å². The third kappa shape index (κ3) is 7.01. The average molecular weight is 460 g/mol. The highest BCUT2D eigenvalue weighted by atomic mass is 35.5. The molecule has 1 heterocycles. The first-order valence-corrected chi connectivity index (χ1v) is 11.7. The van der Waals surface area contributed by atoms with Gasteiger partial charge in [-0.25, -0.2) is 18.0 Å². The molecule has 1 aliphatic carbocycles. The molecule has 1 aromatic rings. The van der Waals surface area contributed by atoms with Gasteiger partial charge >= 0.3 is 6.03 Å². The Bertz CT molecular complexity index is 739. The van der Waals surface area contributed by atoms with E-state index in [1.807, 2.05) is 7.05 Å². The van der Waals surface area contributed by atoms with E-state index in [1.165, 1.54) is 6.07 Å². The Hall–Kier alpha value is -1.47. The summed E-state index contributed by atoms with van der Waals surface area (Å²) < 4.78 is 41.1. The number of nitrogens with one attached hydrogen (secondary N) is 2. The Morgan fingerprint density at radius 3 is 2.71 bits per heavy atom. The lowest BCUT2D eigenvalue weighted by Crippen LogP contribution is -2.51. The van der Waals surface area contributed by atoms with E-state index in [0.29, 0.717) is 50.9 Å². The summed E-state index contributed by atoms with van der Waals surface area (Å²) in [4.78, 5) is 14.7. The summed E-state index contributed by atoms with van der Waals surface area (Å²) in [6, 6.07) is 4.81. The fourth-order valence-corrected chi connectivity index (χ4v) is 5.07. The molecule has 174 valence electrons. The highest BCUT2D eigenvalue weighted by Crippen LogP contribution is 2.37.